The summed E-state index contributed by atoms with van der Waals surface area (Å²) in [4.78, 5) is 29.4. The van der Waals surface area contributed by atoms with Crippen LogP contribution in [0.5, 0.6) is 5.75 Å². The van der Waals surface area contributed by atoms with Crippen LogP contribution in [0, 0.1) is 0 Å². The Morgan fingerprint density at radius 3 is 1.95 bits per heavy atom. The summed E-state index contributed by atoms with van der Waals surface area (Å²) in [6, 6.07) is 30.3. The molecule has 0 bridgehead atoms. The number of aromatic nitrogens is 1. The van der Waals surface area contributed by atoms with Crippen LogP contribution in [-0.2, 0) is 6.61 Å². The van der Waals surface area contributed by atoms with Gasteiger partial charge in [0.2, 0.25) is 5.43 Å². The number of rotatable bonds is 9. The van der Waals surface area contributed by atoms with Gasteiger partial charge in [-0.15, -0.1) is 0 Å². The molecule has 0 fully saturated rings. The average Bonchev–Trinajstić information content (AvgIpc) is 2.98. The molecule has 4 aromatic rings. The first-order chi connectivity index (χ1) is 19.4. The zero-order valence-corrected chi connectivity index (χ0v) is 22.9. The minimum absolute atomic E-state index is 0.0453. The predicted molar refractivity (Wildman–Crippen MR) is 155 cm³/mol. The van der Waals surface area contributed by atoms with Gasteiger partial charge in [0.15, 0.2) is 11.4 Å². The van der Waals surface area contributed by atoms with Gasteiger partial charge in [-0.3, -0.25) is 19.9 Å². The third kappa shape index (κ3) is 5.23. The van der Waals surface area contributed by atoms with Crippen molar-refractivity contribution in [3.8, 4) is 5.75 Å². The predicted octanol–water partition coefficient (Wildman–Crippen LogP) is 4.19. The Balaban J connectivity index is 1.77. The maximum Gasteiger partial charge on any atom is 0.278 e. The van der Waals surface area contributed by atoms with Gasteiger partial charge in [0, 0.05) is 12.1 Å². The molecule has 1 unspecified atom stereocenters. The van der Waals surface area contributed by atoms with Gasteiger partial charge in [0.05, 0.1) is 11.7 Å². The lowest BCUT2D eigenvalue weighted by atomic mass is 9.97. The number of nitrogens with zero attached hydrogens (tertiary/aromatic N) is 3. The van der Waals surface area contributed by atoms with Gasteiger partial charge in [-0.2, -0.15) is 0 Å². The molecule has 2 heterocycles. The van der Waals surface area contributed by atoms with E-state index < -0.39 is 11.7 Å². The second-order valence-corrected chi connectivity index (χ2v) is 10.1. The number of aliphatic hydroxyl groups is 1. The van der Waals surface area contributed by atoms with E-state index in [1.54, 1.807) is 16.6 Å². The molecule has 0 saturated carbocycles. The fourth-order valence-corrected chi connectivity index (χ4v) is 5.10. The van der Waals surface area contributed by atoms with E-state index >= 15 is 0 Å². The first kappa shape index (κ1) is 27.2. The van der Waals surface area contributed by atoms with Crippen molar-refractivity contribution in [2.75, 3.05) is 18.7 Å². The van der Waals surface area contributed by atoms with Crippen LogP contribution >= 0.6 is 0 Å². The minimum atomic E-state index is -1.21. The Labute approximate surface area is 234 Å². The van der Waals surface area contributed by atoms with E-state index in [9.17, 15) is 14.7 Å². The molecule has 2 N–H and O–H groups in total. The summed E-state index contributed by atoms with van der Waals surface area (Å²) in [5, 5.41) is 15.9. The fourth-order valence-electron chi connectivity index (χ4n) is 5.10. The Kier molecular flexibility index (Phi) is 8.00. The second-order valence-electron chi connectivity index (χ2n) is 10.1. The van der Waals surface area contributed by atoms with Gasteiger partial charge in [-0.05, 0) is 37.6 Å². The third-order valence-corrected chi connectivity index (χ3v) is 7.12. The van der Waals surface area contributed by atoms with Gasteiger partial charge in [0.25, 0.3) is 5.91 Å². The number of benzene rings is 3. The molecule has 40 heavy (non-hydrogen) atoms. The molecule has 0 aliphatic carbocycles. The molecular formula is C32H34N4O4. The highest BCUT2D eigenvalue weighted by Crippen LogP contribution is 2.35. The summed E-state index contributed by atoms with van der Waals surface area (Å²) in [5.74, 6) is -0.382. The van der Waals surface area contributed by atoms with Crippen LogP contribution in [0.2, 0.25) is 0 Å². The van der Waals surface area contributed by atoms with E-state index in [0.29, 0.717) is 0 Å². The lowest BCUT2D eigenvalue weighted by Gasteiger charge is -2.46. The van der Waals surface area contributed by atoms with E-state index in [-0.39, 0.29) is 48.4 Å². The van der Waals surface area contributed by atoms with E-state index in [0.717, 1.165) is 16.7 Å². The number of carbonyl (C=O) groups is 1. The Morgan fingerprint density at radius 1 is 0.875 bits per heavy atom. The maximum absolute atomic E-state index is 14.1. The van der Waals surface area contributed by atoms with Crippen molar-refractivity contribution >= 4 is 5.91 Å². The van der Waals surface area contributed by atoms with Crippen LogP contribution in [0.4, 0.5) is 0 Å². The van der Waals surface area contributed by atoms with Gasteiger partial charge in [-0.1, -0.05) is 91.0 Å². The van der Waals surface area contributed by atoms with Gasteiger partial charge in [0.1, 0.15) is 19.5 Å². The molecule has 5 rings (SSSR count). The zero-order valence-electron chi connectivity index (χ0n) is 22.9. The lowest BCUT2D eigenvalue weighted by Crippen LogP contribution is -2.58. The molecule has 1 aromatic heterocycles. The number of fused-ring (bicyclic) bond motifs is 1. The summed E-state index contributed by atoms with van der Waals surface area (Å²) >= 11 is 0. The second kappa shape index (κ2) is 11.8. The van der Waals surface area contributed by atoms with Crippen LogP contribution < -0.4 is 20.5 Å². The monoisotopic (exact) mass is 538 g/mol. The lowest BCUT2D eigenvalue weighted by molar-refractivity contribution is 0.0599. The number of hydrogen-bond acceptors (Lipinski definition) is 6. The minimum Gasteiger partial charge on any atom is -0.482 e. The molecule has 206 valence electrons. The number of hydrogen-bond donors (Lipinski definition) is 2. The maximum atomic E-state index is 14.1. The van der Waals surface area contributed by atoms with Crippen molar-refractivity contribution in [1.29, 1.82) is 0 Å². The van der Waals surface area contributed by atoms with Crippen LogP contribution in [0.25, 0.3) is 0 Å². The van der Waals surface area contributed by atoms with Crippen LogP contribution in [0.3, 0.4) is 0 Å². The molecule has 0 saturated heterocycles. The van der Waals surface area contributed by atoms with Crippen molar-refractivity contribution in [1.82, 2.24) is 14.9 Å². The molecule has 1 aliphatic rings. The number of ether oxygens (including phenoxy) is 1. The molecule has 1 atom stereocenters. The van der Waals surface area contributed by atoms with Crippen LogP contribution in [0.15, 0.2) is 102 Å². The number of aliphatic hydroxyl groups excluding tert-OH is 1. The molecular weight excluding hydrogens is 504 g/mol. The highest BCUT2D eigenvalue weighted by atomic mass is 16.5. The van der Waals surface area contributed by atoms with Crippen molar-refractivity contribution in [2.45, 2.75) is 38.8 Å². The largest absolute Gasteiger partial charge is 0.482 e. The smallest absolute Gasteiger partial charge is 0.278 e. The SMILES string of the molecule is CNC(O)c1cc(=O)c(OCc2ccccc2)c2n1N(C(c1ccccc1)c1ccccc1)CN(C(C)C)C2=O. The highest BCUT2D eigenvalue weighted by molar-refractivity contribution is 5.96. The van der Waals surface area contributed by atoms with Gasteiger partial charge >= 0.3 is 0 Å². The van der Waals surface area contributed by atoms with Crippen LogP contribution in [-0.4, -0.2) is 40.3 Å². The normalized spacial score (nSPS) is 14.0. The third-order valence-electron chi connectivity index (χ3n) is 7.12. The summed E-state index contributed by atoms with van der Waals surface area (Å²) < 4.78 is 7.79. The molecule has 8 heteroatoms. The molecule has 1 aliphatic heterocycles. The van der Waals surface area contributed by atoms with Crippen molar-refractivity contribution in [3.05, 3.63) is 135 Å². The quantitative estimate of drug-likeness (QED) is 0.311. The average molecular weight is 539 g/mol. The molecule has 3 aromatic carbocycles. The molecule has 1 amide bonds. The van der Waals surface area contributed by atoms with E-state index in [4.69, 9.17) is 4.74 Å². The van der Waals surface area contributed by atoms with Gasteiger partial charge < -0.3 is 14.7 Å². The Hall–Kier alpha value is -4.40. The Bertz CT molecular complexity index is 1470. The van der Waals surface area contributed by atoms with Crippen molar-refractivity contribution in [2.24, 2.45) is 0 Å². The number of pyridine rings is 1. The van der Waals surface area contributed by atoms with Crippen molar-refractivity contribution < 1.29 is 14.6 Å². The molecule has 8 nitrogen and oxygen atoms in total. The standard InChI is InChI=1S/C32H34N4O4/c1-22(2)34-21-35(28(24-15-9-5-10-16-24)25-17-11-6-12-18-25)36-26(31(38)33-3)19-27(37)30(29(36)32(34)39)40-20-23-13-7-4-8-14-23/h4-19,22,28,31,33,38H,20-21H2,1-3H3. The topological polar surface area (TPSA) is 87.0 Å². The van der Waals surface area contributed by atoms with Crippen molar-refractivity contribution in [3.63, 3.8) is 0 Å². The zero-order chi connectivity index (χ0) is 28.2. The number of amides is 1. The Morgan fingerprint density at radius 2 is 1.43 bits per heavy atom. The van der Waals surface area contributed by atoms with Crippen LogP contribution in [0.1, 0.15) is 59.0 Å². The first-order valence-electron chi connectivity index (χ1n) is 13.4. The van der Waals surface area contributed by atoms with E-state index in [2.05, 4.69) is 5.32 Å². The summed E-state index contributed by atoms with van der Waals surface area (Å²) in [7, 11) is 1.60. The summed E-state index contributed by atoms with van der Waals surface area (Å²) in [6.45, 7) is 4.23. The van der Waals surface area contributed by atoms with E-state index in [1.165, 1.54) is 6.07 Å². The van der Waals surface area contributed by atoms with Gasteiger partial charge in [-0.25, -0.2) is 4.68 Å². The van der Waals surface area contributed by atoms with E-state index in [1.807, 2.05) is 110 Å². The highest BCUT2D eigenvalue weighted by Gasteiger charge is 2.40. The first-order valence-corrected chi connectivity index (χ1v) is 13.4. The fraction of sp³-hybridized carbons (Fsp3) is 0.250. The molecule has 0 radical (unpaired) electrons. The molecule has 0 spiro atoms. The summed E-state index contributed by atoms with van der Waals surface area (Å²) in [5.41, 5.74) is 2.72. The number of nitrogens with one attached hydrogen (secondary N) is 1. The summed E-state index contributed by atoms with van der Waals surface area (Å²) in [6.07, 6.45) is -1.21. The number of carbonyl (C=O) groups excluding carboxylic acids is 1.